The number of hydrogen-bond acceptors (Lipinski definition) is 1. The maximum absolute atomic E-state index is 11.8. The third-order valence-corrected chi connectivity index (χ3v) is 1.86. The van der Waals surface area contributed by atoms with Crippen LogP contribution in [0.3, 0.4) is 0 Å². The Hall–Kier alpha value is -1.02. The van der Waals surface area contributed by atoms with Crippen LogP contribution < -0.4 is 4.90 Å². The fraction of sp³-hybridized carbons (Fsp3) is 0.364. The molecule has 0 N–H and O–H groups in total. The van der Waals surface area contributed by atoms with Crippen LogP contribution in [0.25, 0.3) is 0 Å². The monoisotopic (exact) mass is 216 g/mol. The van der Waals surface area contributed by atoms with Crippen molar-refractivity contribution in [1.29, 1.82) is 0 Å². The first-order chi connectivity index (χ1) is 8.73. The lowest BCUT2D eigenvalue weighted by Crippen LogP contribution is -2.37. The van der Waals surface area contributed by atoms with Crippen LogP contribution in [-0.2, 0) is 4.79 Å². The zero-order valence-electron chi connectivity index (χ0n) is 13.0. The summed E-state index contributed by atoms with van der Waals surface area (Å²) in [5.74, 6) is -0.824. The summed E-state index contributed by atoms with van der Waals surface area (Å²) in [6.07, 6.45) is 0. The molecule has 0 unspecified atom stereocenters. The molecule has 0 aliphatic carbocycles. The van der Waals surface area contributed by atoms with Crippen LogP contribution in [0.4, 0.5) is 5.69 Å². The van der Waals surface area contributed by atoms with Gasteiger partial charge in [0, 0.05) is 11.7 Å². The lowest BCUT2D eigenvalue weighted by Gasteiger charge is -2.25. The lowest BCUT2D eigenvalue weighted by atomic mass is 10.2. The summed E-state index contributed by atoms with van der Waals surface area (Å²) in [5.41, 5.74) is -0.133. The highest BCUT2D eigenvalue weighted by Crippen LogP contribution is 2.16. The average Bonchev–Trinajstić information content (AvgIpc) is 2.37. The van der Waals surface area contributed by atoms with E-state index in [0.29, 0.717) is 0 Å². The van der Waals surface area contributed by atoms with Crippen LogP contribution in [0.5, 0.6) is 0 Å². The third kappa shape index (κ3) is 2.48. The molecule has 14 heavy (non-hydrogen) atoms. The molecule has 0 heterocycles. The summed E-state index contributed by atoms with van der Waals surface area (Å²) < 4.78 is 38.3. The minimum atomic E-state index is -0.504. The van der Waals surface area contributed by atoms with Crippen LogP contribution in [0.1, 0.15) is 20.7 Å². The molecule has 76 valence electrons. The number of nitrogens with zero attached hydrogens (tertiary/aromatic N) is 1. The molecule has 0 aliphatic rings. The number of para-hydroxylation sites is 1. The zero-order chi connectivity index (χ0) is 14.9. The fourth-order valence-electron chi connectivity index (χ4n) is 1.10. The van der Waals surface area contributed by atoms with Crippen molar-refractivity contribution in [2.45, 2.75) is 19.9 Å². The van der Waals surface area contributed by atoms with E-state index in [1.807, 2.05) is 0 Å². The minimum absolute atomic E-state index is 0.133. The number of amides is 1. The Balaban J connectivity index is 3.61. The Morgan fingerprint density at radius 3 is 2.50 bits per heavy atom. The summed E-state index contributed by atoms with van der Waals surface area (Å²) in [6.45, 7) is 3.37. The van der Waals surface area contributed by atoms with Gasteiger partial charge in [-0.25, -0.2) is 0 Å². The van der Waals surface area contributed by atoms with Gasteiger partial charge in [-0.15, -0.1) is 11.6 Å². The van der Waals surface area contributed by atoms with Gasteiger partial charge in [-0.3, -0.25) is 4.79 Å². The number of carbonyl (C=O) groups is 1. The fourth-order valence-corrected chi connectivity index (χ4v) is 1.23. The van der Waals surface area contributed by atoms with Gasteiger partial charge in [0.2, 0.25) is 5.91 Å². The molecule has 0 atom stereocenters. The number of benzene rings is 1. The number of hydrogen-bond donors (Lipinski definition) is 0. The molecule has 1 aromatic carbocycles. The number of anilines is 1. The standard InChI is InChI=1S/C11H14ClNO/c1-9(2)13(11(14)8-12)10-6-4-3-5-7-10/h3-7,9H,8H2,1-2H3/i3D,4D,5D,6D,7D. The van der Waals surface area contributed by atoms with Crippen molar-refractivity contribution < 1.29 is 11.6 Å². The first-order valence-electron chi connectivity index (χ1n) is 6.69. The molecule has 0 radical (unpaired) electrons. The largest absolute Gasteiger partial charge is 0.309 e. The quantitative estimate of drug-likeness (QED) is 0.712. The molecule has 2 nitrogen and oxygen atoms in total. The van der Waals surface area contributed by atoms with Crippen LogP contribution in [0.2, 0.25) is 0 Å². The van der Waals surface area contributed by atoms with Crippen molar-refractivity contribution in [3.8, 4) is 0 Å². The third-order valence-electron chi connectivity index (χ3n) is 1.63. The first-order valence-corrected chi connectivity index (χ1v) is 4.72. The van der Waals surface area contributed by atoms with Crippen LogP contribution in [-0.4, -0.2) is 17.8 Å². The smallest absolute Gasteiger partial charge is 0.242 e. The van der Waals surface area contributed by atoms with Gasteiger partial charge >= 0.3 is 0 Å². The minimum Gasteiger partial charge on any atom is -0.309 e. The number of carbonyl (C=O) groups excluding carboxylic acids is 1. The van der Waals surface area contributed by atoms with E-state index >= 15 is 0 Å². The van der Waals surface area contributed by atoms with Crippen molar-refractivity contribution in [1.82, 2.24) is 0 Å². The Morgan fingerprint density at radius 2 is 2.07 bits per heavy atom. The van der Waals surface area contributed by atoms with E-state index in [9.17, 15) is 4.79 Å². The van der Waals surface area contributed by atoms with Crippen molar-refractivity contribution in [3.63, 3.8) is 0 Å². The lowest BCUT2D eigenvalue weighted by molar-refractivity contribution is -0.116. The second-order valence-electron chi connectivity index (χ2n) is 2.96. The van der Waals surface area contributed by atoms with Crippen molar-refractivity contribution in [2.24, 2.45) is 0 Å². The van der Waals surface area contributed by atoms with E-state index < -0.39 is 36.1 Å². The van der Waals surface area contributed by atoms with Gasteiger partial charge in [0.15, 0.2) is 0 Å². The second-order valence-corrected chi connectivity index (χ2v) is 3.23. The molecule has 1 amide bonds. The molecular weight excluding hydrogens is 198 g/mol. The SMILES string of the molecule is [2H]c1c([2H])c([2H])c(N(C(=O)CCl)C(C)C)c([2H])c1[2H]. The molecule has 0 aliphatic heterocycles. The van der Waals surface area contributed by atoms with E-state index in [1.165, 1.54) is 0 Å². The molecule has 1 aromatic rings. The molecule has 1 rings (SSSR count). The van der Waals surface area contributed by atoms with E-state index in [2.05, 4.69) is 0 Å². The van der Waals surface area contributed by atoms with E-state index in [0.717, 1.165) is 4.90 Å². The van der Waals surface area contributed by atoms with Crippen LogP contribution in [0.15, 0.2) is 30.2 Å². The van der Waals surface area contributed by atoms with E-state index in [-0.39, 0.29) is 17.6 Å². The number of alkyl halides is 1. The molecule has 0 fully saturated rings. The first kappa shape index (κ1) is 5.76. The topological polar surface area (TPSA) is 20.3 Å². The Labute approximate surface area is 96.5 Å². The Bertz CT molecular complexity index is 491. The summed E-state index contributed by atoms with van der Waals surface area (Å²) in [6, 6.07) is -2.60. The summed E-state index contributed by atoms with van der Waals surface area (Å²) in [5, 5.41) is 0. The van der Waals surface area contributed by atoms with Crippen molar-refractivity contribution in [3.05, 3.63) is 30.2 Å². The predicted octanol–water partition coefficient (Wildman–Crippen LogP) is 2.67. The summed E-state index contributed by atoms with van der Waals surface area (Å²) >= 11 is 5.51. The Kier molecular flexibility index (Phi) is 2.06. The molecule has 0 saturated heterocycles. The van der Waals surface area contributed by atoms with Crippen LogP contribution in [0, 0.1) is 0 Å². The summed E-state index contributed by atoms with van der Waals surface area (Å²) in [7, 11) is 0. The zero-order valence-corrected chi connectivity index (χ0v) is 8.77. The van der Waals surface area contributed by atoms with E-state index in [1.54, 1.807) is 13.8 Å². The molecule has 3 heteroatoms. The van der Waals surface area contributed by atoms with Gasteiger partial charge in [-0.1, -0.05) is 18.1 Å². The highest BCUT2D eigenvalue weighted by molar-refractivity contribution is 6.29. The van der Waals surface area contributed by atoms with Crippen LogP contribution >= 0.6 is 11.6 Å². The normalized spacial score (nSPS) is 15.3. The average molecular weight is 217 g/mol. The van der Waals surface area contributed by atoms with E-state index in [4.69, 9.17) is 18.5 Å². The molecule has 0 saturated carbocycles. The molecule has 0 spiro atoms. The molecular formula is C11H14ClNO. The van der Waals surface area contributed by atoms with Gasteiger partial charge in [0.25, 0.3) is 0 Å². The molecule has 0 aromatic heterocycles. The van der Waals surface area contributed by atoms with Gasteiger partial charge in [-0.2, -0.15) is 0 Å². The molecule has 0 bridgehead atoms. The highest BCUT2D eigenvalue weighted by Gasteiger charge is 2.17. The maximum Gasteiger partial charge on any atom is 0.242 e. The van der Waals surface area contributed by atoms with Crippen molar-refractivity contribution in [2.75, 3.05) is 10.8 Å². The highest BCUT2D eigenvalue weighted by atomic mass is 35.5. The number of halogens is 1. The number of rotatable bonds is 3. The Morgan fingerprint density at radius 1 is 1.50 bits per heavy atom. The van der Waals surface area contributed by atoms with Gasteiger partial charge in [-0.05, 0) is 25.9 Å². The van der Waals surface area contributed by atoms with Crippen molar-refractivity contribution >= 4 is 23.2 Å². The maximum atomic E-state index is 11.8. The van der Waals surface area contributed by atoms with Gasteiger partial charge in [0.05, 0.1) is 6.85 Å². The predicted molar refractivity (Wildman–Crippen MR) is 59.8 cm³/mol. The second kappa shape index (κ2) is 5.01. The van der Waals surface area contributed by atoms with Gasteiger partial charge < -0.3 is 4.90 Å². The summed E-state index contributed by atoms with van der Waals surface area (Å²) in [4.78, 5) is 13.0. The van der Waals surface area contributed by atoms with Gasteiger partial charge in [0.1, 0.15) is 5.88 Å².